The lowest BCUT2D eigenvalue weighted by molar-refractivity contribution is -0.383. The van der Waals surface area contributed by atoms with Gasteiger partial charge < -0.3 is 14.7 Å². The van der Waals surface area contributed by atoms with Crippen LogP contribution in [0.1, 0.15) is 0 Å². The third-order valence-corrected chi connectivity index (χ3v) is 4.56. The summed E-state index contributed by atoms with van der Waals surface area (Å²) in [7, 11) is 0. The van der Waals surface area contributed by atoms with Gasteiger partial charge in [-0.05, 0) is 12.1 Å². The standard InChI is InChI=1S/C18H17FN8O2/c19-14-3-1-2-4-15(14)24-9-11-26(12-10-24)18-16(27(28)29)17(22-13-23-18)25(7-5-20)8-6-21/h1-4,13H,7-12H2. The molecule has 0 bridgehead atoms. The number of nitrogens with zero attached hydrogens (tertiary/aromatic N) is 8. The van der Waals surface area contributed by atoms with Gasteiger partial charge in [-0.3, -0.25) is 10.1 Å². The lowest BCUT2D eigenvalue weighted by atomic mass is 10.2. The van der Waals surface area contributed by atoms with Gasteiger partial charge in [-0.15, -0.1) is 0 Å². The number of rotatable bonds is 6. The van der Waals surface area contributed by atoms with Gasteiger partial charge in [0.2, 0.25) is 11.6 Å². The third-order valence-electron chi connectivity index (χ3n) is 4.56. The molecule has 0 N–H and O–H groups in total. The molecule has 0 saturated carbocycles. The number of halogens is 1. The molecule has 11 heteroatoms. The predicted octanol–water partition coefficient (Wildman–Crippen LogP) is 1.70. The molecule has 10 nitrogen and oxygen atoms in total. The van der Waals surface area contributed by atoms with Gasteiger partial charge in [-0.25, -0.2) is 14.4 Å². The van der Waals surface area contributed by atoms with Crippen LogP contribution in [0.15, 0.2) is 30.6 Å². The van der Waals surface area contributed by atoms with Crippen molar-refractivity contribution in [1.82, 2.24) is 9.97 Å². The second-order valence-corrected chi connectivity index (χ2v) is 6.22. The Hall–Kier alpha value is -3.99. The molecule has 3 rings (SSSR count). The van der Waals surface area contributed by atoms with Crippen molar-refractivity contribution in [2.24, 2.45) is 0 Å². The molecular formula is C18H17FN8O2. The quantitative estimate of drug-likeness (QED) is 0.407. The van der Waals surface area contributed by atoms with Gasteiger partial charge in [0, 0.05) is 26.2 Å². The smallest absolute Gasteiger partial charge is 0.353 e. The zero-order chi connectivity index (χ0) is 20.8. The fourth-order valence-corrected chi connectivity index (χ4v) is 3.23. The van der Waals surface area contributed by atoms with E-state index in [2.05, 4.69) is 9.97 Å². The van der Waals surface area contributed by atoms with E-state index in [0.717, 1.165) is 0 Å². The van der Waals surface area contributed by atoms with Crippen LogP contribution in [0.3, 0.4) is 0 Å². The molecule has 0 spiro atoms. The minimum atomic E-state index is -0.602. The molecule has 0 amide bonds. The van der Waals surface area contributed by atoms with E-state index >= 15 is 0 Å². The van der Waals surface area contributed by atoms with Crippen molar-refractivity contribution in [3.63, 3.8) is 0 Å². The maximum absolute atomic E-state index is 14.0. The molecule has 1 saturated heterocycles. The summed E-state index contributed by atoms with van der Waals surface area (Å²) in [6, 6.07) is 10.2. The van der Waals surface area contributed by atoms with Crippen LogP contribution in [0, 0.1) is 38.6 Å². The van der Waals surface area contributed by atoms with Crippen LogP contribution >= 0.6 is 0 Å². The largest absolute Gasteiger partial charge is 0.366 e. The van der Waals surface area contributed by atoms with E-state index in [9.17, 15) is 14.5 Å². The maximum atomic E-state index is 14.0. The first kappa shape index (κ1) is 19.8. The number of hydrogen-bond donors (Lipinski definition) is 0. The van der Waals surface area contributed by atoms with E-state index in [1.54, 1.807) is 23.1 Å². The van der Waals surface area contributed by atoms with Crippen LogP contribution in [0.4, 0.5) is 27.4 Å². The Balaban J connectivity index is 1.87. The number of benzene rings is 1. The van der Waals surface area contributed by atoms with Crippen LogP contribution in [-0.2, 0) is 0 Å². The number of hydrogen-bond acceptors (Lipinski definition) is 9. The number of para-hydroxylation sites is 1. The van der Waals surface area contributed by atoms with Crippen molar-refractivity contribution in [1.29, 1.82) is 10.5 Å². The maximum Gasteiger partial charge on any atom is 0.353 e. The van der Waals surface area contributed by atoms with Crippen molar-refractivity contribution in [3.05, 3.63) is 46.5 Å². The predicted molar refractivity (Wildman–Crippen MR) is 103 cm³/mol. The molecule has 2 aromatic rings. The van der Waals surface area contributed by atoms with Gasteiger partial charge in [0.15, 0.2) is 0 Å². The third kappa shape index (κ3) is 4.14. The van der Waals surface area contributed by atoms with Crippen LogP contribution in [0.2, 0.25) is 0 Å². The number of piperazine rings is 1. The molecule has 148 valence electrons. The summed E-state index contributed by atoms with van der Waals surface area (Å²) in [5, 5.41) is 29.7. The fraction of sp³-hybridized carbons (Fsp3) is 0.333. The molecule has 1 aromatic carbocycles. The average molecular weight is 396 g/mol. The van der Waals surface area contributed by atoms with Gasteiger partial charge in [-0.1, -0.05) is 12.1 Å². The molecule has 0 radical (unpaired) electrons. The molecule has 0 aliphatic carbocycles. The highest BCUT2D eigenvalue weighted by Gasteiger charge is 2.32. The Morgan fingerprint density at radius 1 is 1.10 bits per heavy atom. The van der Waals surface area contributed by atoms with Gasteiger partial charge >= 0.3 is 5.69 Å². The van der Waals surface area contributed by atoms with Crippen molar-refractivity contribution in [2.75, 3.05) is 54.0 Å². The summed E-state index contributed by atoms with van der Waals surface area (Å²) in [5.41, 5.74) is 0.136. The van der Waals surface area contributed by atoms with Crippen molar-refractivity contribution in [3.8, 4) is 12.1 Å². The van der Waals surface area contributed by atoms with Gasteiger partial charge in [0.25, 0.3) is 0 Å². The lowest BCUT2D eigenvalue weighted by Gasteiger charge is -2.36. The SMILES string of the molecule is N#CCN(CC#N)c1ncnc(N2CCN(c3ccccc3F)CC2)c1[N+](=O)[O-]. The van der Waals surface area contributed by atoms with Crippen molar-refractivity contribution in [2.45, 2.75) is 0 Å². The number of nitro groups is 1. The summed E-state index contributed by atoms with van der Waals surface area (Å²) in [5.74, 6) is -0.270. The average Bonchev–Trinajstić information content (AvgIpc) is 2.73. The molecular weight excluding hydrogens is 379 g/mol. The molecule has 1 aliphatic rings. The Morgan fingerprint density at radius 3 is 2.31 bits per heavy atom. The highest BCUT2D eigenvalue weighted by atomic mass is 19.1. The molecule has 1 aliphatic heterocycles. The first-order valence-corrected chi connectivity index (χ1v) is 8.79. The second-order valence-electron chi connectivity index (χ2n) is 6.22. The molecule has 0 atom stereocenters. The van der Waals surface area contributed by atoms with Crippen LogP contribution in [0.25, 0.3) is 0 Å². The molecule has 1 fully saturated rings. The summed E-state index contributed by atoms with van der Waals surface area (Å²) in [6.07, 6.45) is 1.18. The van der Waals surface area contributed by atoms with E-state index in [1.165, 1.54) is 17.3 Å². The minimum Gasteiger partial charge on any atom is -0.366 e. The number of anilines is 3. The summed E-state index contributed by atoms with van der Waals surface area (Å²) in [4.78, 5) is 24.1. The zero-order valence-electron chi connectivity index (χ0n) is 15.4. The Morgan fingerprint density at radius 2 is 1.72 bits per heavy atom. The second kappa shape index (κ2) is 8.80. The van der Waals surface area contributed by atoms with E-state index < -0.39 is 4.92 Å². The highest BCUT2D eigenvalue weighted by Crippen LogP contribution is 2.34. The normalized spacial score (nSPS) is 13.5. The first-order chi connectivity index (χ1) is 14.1. The number of nitriles is 2. The van der Waals surface area contributed by atoms with Crippen molar-refractivity contribution >= 4 is 23.0 Å². The Bertz CT molecular complexity index is 963. The lowest BCUT2D eigenvalue weighted by Crippen LogP contribution is -2.47. The zero-order valence-corrected chi connectivity index (χ0v) is 15.4. The van der Waals surface area contributed by atoms with Gasteiger partial charge in [0.1, 0.15) is 25.2 Å². The molecule has 2 heterocycles. The van der Waals surface area contributed by atoms with Crippen LogP contribution < -0.4 is 14.7 Å². The monoisotopic (exact) mass is 396 g/mol. The van der Waals surface area contributed by atoms with Crippen LogP contribution in [0.5, 0.6) is 0 Å². The van der Waals surface area contributed by atoms with E-state index in [1.807, 2.05) is 17.0 Å². The summed E-state index contributed by atoms with van der Waals surface area (Å²) < 4.78 is 14.0. The minimum absolute atomic E-state index is 0.0698. The van der Waals surface area contributed by atoms with Crippen molar-refractivity contribution < 1.29 is 9.31 Å². The number of aromatic nitrogens is 2. The van der Waals surface area contributed by atoms with Gasteiger partial charge in [0.05, 0.1) is 22.7 Å². The van der Waals surface area contributed by atoms with Crippen LogP contribution in [-0.4, -0.2) is 54.2 Å². The molecule has 0 unspecified atom stereocenters. The topological polar surface area (TPSA) is 126 Å². The Labute approximate surface area is 166 Å². The van der Waals surface area contributed by atoms with Gasteiger partial charge in [-0.2, -0.15) is 10.5 Å². The van der Waals surface area contributed by atoms with E-state index in [-0.39, 0.29) is 36.2 Å². The molecule has 1 aromatic heterocycles. The first-order valence-electron chi connectivity index (χ1n) is 8.79. The Kier molecular flexibility index (Phi) is 6.00. The molecule has 29 heavy (non-hydrogen) atoms. The van der Waals surface area contributed by atoms with E-state index in [4.69, 9.17) is 10.5 Å². The summed E-state index contributed by atoms with van der Waals surface area (Å²) >= 11 is 0. The van der Waals surface area contributed by atoms with E-state index in [0.29, 0.717) is 31.9 Å². The fourth-order valence-electron chi connectivity index (χ4n) is 3.23. The summed E-state index contributed by atoms with van der Waals surface area (Å²) in [6.45, 7) is 1.26. The highest BCUT2D eigenvalue weighted by molar-refractivity contribution is 5.72.